The monoisotopic (exact) mass is 429 g/mol. The number of nitrogens with two attached hydrogens (primary N) is 1. The van der Waals surface area contributed by atoms with Crippen molar-refractivity contribution in [2.24, 2.45) is 0 Å². The Labute approximate surface area is 173 Å². The van der Waals surface area contributed by atoms with Crippen LogP contribution in [0.4, 0.5) is 23.4 Å². The molecule has 2 aromatic carbocycles. The highest BCUT2D eigenvalue weighted by atomic mass is 19.4. The second kappa shape index (κ2) is 6.66. The summed E-state index contributed by atoms with van der Waals surface area (Å²) in [6.07, 6.45) is -2.41. The van der Waals surface area contributed by atoms with Crippen LogP contribution >= 0.6 is 0 Å². The van der Waals surface area contributed by atoms with Gasteiger partial charge in [0.2, 0.25) is 0 Å². The predicted octanol–water partition coefficient (Wildman–Crippen LogP) is 4.28. The molecule has 0 saturated heterocycles. The summed E-state index contributed by atoms with van der Waals surface area (Å²) in [5.74, 6) is -2.84. The van der Waals surface area contributed by atoms with Crippen LogP contribution in [0.5, 0.6) is 5.75 Å². The van der Waals surface area contributed by atoms with Crippen molar-refractivity contribution in [3.05, 3.63) is 65.2 Å². The number of phenolic OH excluding ortho intramolecular Hbond substituents is 1. The van der Waals surface area contributed by atoms with Gasteiger partial charge in [-0.2, -0.15) is 18.3 Å². The summed E-state index contributed by atoms with van der Waals surface area (Å²) >= 11 is 0. The molecule has 1 aliphatic carbocycles. The van der Waals surface area contributed by atoms with Gasteiger partial charge in [-0.3, -0.25) is 0 Å². The topological polar surface area (TPSA) is 89.8 Å². The van der Waals surface area contributed by atoms with Crippen molar-refractivity contribution in [2.75, 3.05) is 5.73 Å². The number of anilines is 1. The van der Waals surface area contributed by atoms with Crippen LogP contribution in [0.25, 0.3) is 22.3 Å². The van der Waals surface area contributed by atoms with E-state index in [4.69, 9.17) is 5.73 Å². The van der Waals surface area contributed by atoms with Crippen molar-refractivity contribution in [1.29, 1.82) is 0 Å². The fourth-order valence-electron chi connectivity index (χ4n) is 4.11. The van der Waals surface area contributed by atoms with Crippen molar-refractivity contribution in [3.63, 3.8) is 0 Å². The van der Waals surface area contributed by atoms with Gasteiger partial charge in [-0.1, -0.05) is 24.3 Å². The number of hydrogen-bond donors (Lipinski definition) is 2. The molecule has 2 heterocycles. The van der Waals surface area contributed by atoms with Crippen molar-refractivity contribution in [1.82, 2.24) is 19.7 Å². The Bertz CT molecular complexity index is 1310. The van der Waals surface area contributed by atoms with Gasteiger partial charge >= 0.3 is 6.18 Å². The highest BCUT2D eigenvalue weighted by Gasteiger charge is 2.37. The molecule has 0 unspecified atom stereocenters. The van der Waals surface area contributed by atoms with Crippen LogP contribution in [0, 0.1) is 5.82 Å². The van der Waals surface area contributed by atoms with E-state index in [0.29, 0.717) is 24.6 Å². The first kappa shape index (κ1) is 19.3. The lowest BCUT2D eigenvalue weighted by atomic mass is 10.0. The summed E-state index contributed by atoms with van der Waals surface area (Å²) in [7, 11) is 0. The molecule has 5 rings (SSSR count). The van der Waals surface area contributed by atoms with Crippen LogP contribution in [0.3, 0.4) is 0 Å². The van der Waals surface area contributed by atoms with Gasteiger partial charge in [-0.15, -0.1) is 0 Å². The van der Waals surface area contributed by atoms with Gasteiger partial charge < -0.3 is 10.8 Å². The van der Waals surface area contributed by atoms with Crippen LogP contribution in [-0.2, 0) is 19.0 Å². The van der Waals surface area contributed by atoms with E-state index in [9.17, 15) is 22.7 Å². The van der Waals surface area contributed by atoms with Crippen LogP contribution in [0.15, 0.2) is 42.7 Å². The molecule has 0 amide bonds. The van der Waals surface area contributed by atoms with Crippen LogP contribution in [0.1, 0.15) is 22.7 Å². The Hall–Kier alpha value is -3.69. The molecule has 0 atom stereocenters. The third-order valence-corrected chi connectivity index (χ3v) is 5.53. The normalized spacial score (nSPS) is 14.3. The van der Waals surface area contributed by atoms with E-state index in [2.05, 4.69) is 15.1 Å². The lowest BCUT2D eigenvalue weighted by Crippen LogP contribution is -2.11. The molecule has 158 valence electrons. The molecule has 6 nitrogen and oxygen atoms in total. The van der Waals surface area contributed by atoms with E-state index in [1.54, 1.807) is 4.68 Å². The first-order chi connectivity index (χ1) is 14.7. The molecule has 0 bridgehead atoms. The molecule has 0 saturated carbocycles. The Morgan fingerprint density at radius 3 is 2.39 bits per heavy atom. The Balaban J connectivity index is 1.71. The zero-order valence-electron chi connectivity index (χ0n) is 15.9. The predicted molar refractivity (Wildman–Crippen MR) is 105 cm³/mol. The van der Waals surface area contributed by atoms with E-state index in [1.165, 1.54) is 6.33 Å². The van der Waals surface area contributed by atoms with E-state index < -0.39 is 23.3 Å². The third-order valence-electron chi connectivity index (χ3n) is 5.53. The summed E-state index contributed by atoms with van der Waals surface area (Å²) in [5.41, 5.74) is 7.01. The second-order valence-corrected chi connectivity index (χ2v) is 7.44. The van der Waals surface area contributed by atoms with Crippen molar-refractivity contribution in [2.45, 2.75) is 25.1 Å². The average Bonchev–Trinajstić information content (AvgIpc) is 3.31. The van der Waals surface area contributed by atoms with E-state index in [1.807, 2.05) is 24.3 Å². The highest BCUT2D eigenvalue weighted by Crippen LogP contribution is 2.41. The maximum absolute atomic E-state index is 13.9. The lowest BCUT2D eigenvalue weighted by Gasteiger charge is -2.11. The molecule has 0 fully saturated rings. The van der Waals surface area contributed by atoms with Gasteiger partial charge in [0.05, 0.1) is 17.0 Å². The zero-order chi connectivity index (χ0) is 21.9. The number of aromatic nitrogens is 4. The highest BCUT2D eigenvalue weighted by molar-refractivity contribution is 5.98. The largest absolute Gasteiger partial charge is 0.505 e. The minimum atomic E-state index is -4.99. The number of alkyl halides is 3. The average molecular weight is 429 g/mol. The summed E-state index contributed by atoms with van der Waals surface area (Å²) < 4.78 is 55.4. The number of hydrogen-bond acceptors (Lipinski definition) is 5. The molecule has 0 radical (unpaired) electrons. The number of nitrogens with zero attached hydrogens (tertiary/aromatic N) is 4. The number of aromatic hydroxyl groups is 1. The minimum absolute atomic E-state index is 0.0270. The van der Waals surface area contributed by atoms with Gasteiger partial charge in [0, 0.05) is 5.56 Å². The molecule has 31 heavy (non-hydrogen) atoms. The number of fused-ring (bicyclic) bond motifs is 2. The van der Waals surface area contributed by atoms with Gasteiger partial charge in [0.15, 0.2) is 17.2 Å². The maximum atomic E-state index is 13.9. The fraction of sp³-hybridized carbons (Fsp3) is 0.190. The van der Waals surface area contributed by atoms with E-state index >= 15 is 0 Å². The molecular formula is C21H15F4N5O. The first-order valence-electron chi connectivity index (χ1n) is 9.39. The quantitative estimate of drug-likeness (QED) is 0.465. The summed E-state index contributed by atoms with van der Waals surface area (Å²) in [6.45, 7) is 0. The molecule has 0 spiro atoms. The number of halogens is 4. The van der Waals surface area contributed by atoms with Gasteiger partial charge in [0.1, 0.15) is 17.8 Å². The molecule has 0 aliphatic heterocycles. The summed E-state index contributed by atoms with van der Waals surface area (Å²) in [5, 5.41) is 14.6. The Morgan fingerprint density at radius 2 is 1.74 bits per heavy atom. The number of nitrogen functional groups attached to an aromatic ring is 1. The Morgan fingerprint density at radius 1 is 1.06 bits per heavy atom. The van der Waals surface area contributed by atoms with Gasteiger partial charge in [-0.25, -0.2) is 19.0 Å². The number of benzene rings is 2. The van der Waals surface area contributed by atoms with E-state index in [-0.39, 0.29) is 28.5 Å². The van der Waals surface area contributed by atoms with Crippen LogP contribution < -0.4 is 5.73 Å². The van der Waals surface area contributed by atoms with Crippen molar-refractivity contribution < 1.29 is 22.7 Å². The lowest BCUT2D eigenvalue weighted by molar-refractivity contribution is -0.140. The van der Waals surface area contributed by atoms with E-state index in [0.717, 1.165) is 17.2 Å². The second-order valence-electron chi connectivity index (χ2n) is 7.44. The smallest absolute Gasteiger partial charge is 0.419 e. The molecule has 2 aromatic heterocycles. The Kier molecular flexibility index (Phi) is 4.14. The standard InChI is InChI=1S/C21H15F4N5O/c22-17-14(21(23,24)25)7-12(8-15(17)31)18-16-19(26)27-9-28-20(16)30(29-18)13-5-10-3-1-2-4-11(10)6-13/h1-4,7-9,13,31H,5-6H2,(H2,26,27,28). The first-order valence-corrected chi connectivity index (χ1v) is 9.39. The molecule has 10 heteroatoms. The minimum Gasteiger partial charge on any atom is -0.505 e. The van der Waals surface area contributed by atoms with Crippen LogP contribution in [-0.4, -0.2) is 24.9 Å². The molecule has 3 N–H and O–H groups in total. The molecule has 1 aliphatic rings. The van der Waals surface area contributed by atoms with Crippen molar-refractivity contribution >= 4 is 16.9 Å². The SMILES string of the molecule is Nc1ncnc2c1c(-c1cc(O)c(F)c(C(F)(F)F)c1)nn2C1Cc2ccccc2C1. The van der Waals surface area contributed by atoms with Gasteiger partial charge in [-0.05, 0) is 36.1 Å². The van der Waals surface area contributed by atoms with Crippen molar-refractivity contribution in [3.8, 4) is 17.0 Å². The molecular weight excluding hydrogens is 414 g/mol. The summed E-state index contributed by atoms with van der Waals surface area (Å²) in [4.78, 5) is 8.20. The van der Waals surface area contributed by atoms with Crippen LogP contribution in [0.2, 0.25) is 0 Å². The van der Waals surface area contributed by atoms with Gasteiger partial charge in [0.25, 0.3) is 0 Å². The zero-order valence-corrected chi connectivity index (χ0v) is 15.9. The fourth-order valence-corrected chi connectivity index (χ4v) is 4.11. The maximum Gasteiger partial charge on any atom is 0.419 e. The molecule has 4 aromatic rings. The number of phenols is 1. The number of rotatable bonds is 2. The third kappa shape index (κ3) is 3.06. The summed E-state index contributed by atoms with van der Waals surface area (Å²) in [6, 6.07) is 9.28.